The van der Waals surface area contributed by atoms with E-state index in [1.54, 1.807) is 25.3 Å². The van der Waals surface area contributed by atoms with Crippen molar-refractivity contribution in [3.63, 3.8) is 0 Å². The molecule has 1 aromatic carbocycles. The Morgan fingerprint density at radius 2 is 2.00 bits per heavy atom. The summed E-state index contributed by atoms with van der Waals surface area (Å²) in [4.78, 5) is 31.6. The third-order valence-electron chi connectivity index (χ3n) is 3.08. The highest BCUT2D eigenvalue weighted by Crippen LogP contribution is 2.31. The number of H-pyrrole nitrogens is 1. The predicted octanol–water partition coefficient (Wildman–Crippen LogP) is 1.77. The number of rotatable bonds is 4. The van der Waals surface area contributed by atoms with Crippen LogP contribution in [-0.4, -0.2) is 43.1 Å². The lowest BCUT2D eigenvalue weighted by atomic mass is 10.2. The zero-order valence-corrected chi connectivity index (χ0v) is 12.3. The molecule has 1 heterocycles. The van der Waals surface area contributed by atoms with E-state index in [1.807, 2.05) is 0 Å². The monoisotopic (exact) mass is 291 g/mol. The maximum absolute atomic E-state index is 12.3. The summed E-state index contributed by atoms with van der Waals surface area (Å²) < 4.78 is 5.17. The largest absolute Gasteiger partial charge is 0.497 e. The second-order valence-corrected chi connectivity index (χ2v) is 4.45. The molecule has 1 aromatic heterocycles. The quantitative estimate of drug-likeness (QED) is 0.841. The van der Waals surface area contributed by atoms with Gasteiger partial charge in [0.25, 0.3) is 5.91 Å². The van der Waals surface area contributed by atoms with Gasteiger partial charge in [0.15, 0.2) is 0 Å². The van der Waals surface area contributed by atoms with E-state index in [1.165, 1.54) is 21.1 Å². The lowest BCUT2D eigenvalue weighted by molar-refractivity contribution is -0.114. The molecule has 0 aliphatic rings. The number of nitrogens with zero attached hydrogens (tertiary/aromatic N) is 1. The molecule has 0 spiro atoms. The van der Waals surface area contributed by atoms with Gasteiger partial charge >= 0.3 is 0 Å². The summed E-state index contributed by atoms with van der Waals surface area (Å²) in [7, 11) is 4.43. The van der Waals surface area contributed by atoms with Gasteiger partial charge in [0.1, 0.15) is 11.4 Å². The standard InChI is InChI=1S/C14H17N3O4/c1-8(18)15-12-10-7-9(20-3)5-6-11(10)16-13(12)14(19)17(2)21-4/h5-7,16H,1-4H3,(H,15,18). The number of ether oxygens (including phenoxy) is 1. The number of fused-ring (bicyclic) bond motifs is 1. The Labute approximate surface area is 121 Å². The number of amides is 2. The minimum absolute atomic E-state index is 0.248. The van der Waals surface area contributed by atoms with Crippen molar-refractivity contribution in [1.29, 1.82) is 0 Å². The van der Waals surface area contributed by atoms with Gasteiger partial charge in [-0.3, -0.25) is 14.4 Å². The van der Waals surface area contributed by atoms with Crippen LogP contribution in [0.25, 0.3) is 10.9 Å². The minimum Gasteiger partial charge on any atom is -0.497 e. The third-order valence-corrected chi connectivity index (χ3v) is 3.08. The van der Waals surface area contributed by atoms with E-state index in [0.717, 1.165) is 5.06 Å². The SMILES string of the molecule is COc1ccc2[nH]c(C(=O)N(C)OC)c(NC(C)=O)c2c1. The number of carbonyl (C=O) groups is 2. The first-order valence-electron chi connectivity index (χ1n) is 6.27. The summed E-state index contributed by atoms with van der Waals surface area (Å²) in [5.41, 5.74) is 1.37. The number of carbonyl (C=O) groups excluding carboxylic acids is 2. The molecule has 0 radical (unpaired) electrons. The number of anilines is 1. The van der Waals surface area contributed by atoms with Crippen LogP contribution in [0.15, 0.2) is 18.2 Å². The molecule has 0 saturated carbocycles. The number of aromatic amines is 1. The number of hydroxylamine groups is 2. The van der Waals surface area contributed by atoms with Crippen LogP contribution in [0.1, 0.15) is 17.4 Å². The molecule has 2 N–H and O–H groups in total. The molecule has 0 saturated heterocycles. The van der Waals surface area contributed by atoms with E-state index in [4.69, 9.17) is 9.57 Å². The molecule has 0 fully saturated rings. The van der Waals surface area contributed by atoms with Gasteiger partial charge in [-0.1, -0.05) is 0 Å². The first-order chi connectivity index (χ1) is 9.97. The van der Waals surface area contributed by atoms with Crippen molar-refractivity contribution >= 4 is 28.4 Å². The Bertz CT molecular complexity index is 693. The molecule has 0 aliphatic carbocycles. The fraction of sp³-hybridized carbons (Fsp3) is 0.286. The van der Waals surface area contributed by atoms with E-state index in [0.29, 0.717) is 22.3 Å². The second-order valence-electron chi connectivity index (χ2n) is 4.45. The van der Waals surface area contributed by atoms with Crippen LogP contribution in [-0.2, 0) is 9.63 Å². The number of benzene rings is 1. The number of methoxy groups -OCH3 is 1. The van der Waals surface area contributed by atoms with E-state index in [9.17, 15) is 9.59 Å². The van der Waals surface area contributed by atoms with Crippen LogP contribution in [0.4, 0.5) is 5.69 Å². The molecule has 21 heavy (non-hydrogen) atoms. The summed E-state index contributed by atoms with van der Waals surface area (Å²) in [6, 6.07) is 5.30. The maximum atomic E-state index is 12.3. The van der Waals surface area contributed by atoms with Crippen molar-refractivity contribution in [3.05, 3.63) is 23.9 Å². The summed E-state index contributed by atoms with van der Waals surface area (Å²) in [6.45, 7) is 1.38. The number of hydrogen-bond acceptors (Lipinski definition) is 4. The number of nitrogens with one attached hydrogen (secondary N) is 2. The van der Waals surface area contributed by atoms with Gasteiger partial charge in [-0.2, -0.15) is 0 Å². The third kappa shape index (κ3) is 2.82. The van der Waals surface area contributed by atoms with Gasteiger partial charge < -0.3 is 15.0 Å². The Hall–Kier alpha value is -2.54. The van der Waals surface area contributed by atoms with Crippen LogP contribution in [0.2, 0.25) is 0 Å². The van der Waals surface area contributed by atoms with Gasteiger partial charge in [0.05, 0.1) is 19.9 Å². The molecule has 2 amide bonds. The number of hydrogen-bond donors (Lipinski definition) is 2. The van der Waals surface area contributed by atoms with Crippen LogP contribution >= 0.6 is 0 Å². The fourth-order valence-electron chi connectivity index (χ4n) is 2.00. The molecule has 0 bridgehead atoms. The summed E-state index contributed by atoms with van der Waals surface area (Å²) in [5, 5.41) is 4.45. The average molecular weight is 291 g/mol. The first kappa shape index (κ1) is 14.9. The Morgan fingerprint density at radius 1 is 1.29 bits per heavy atom. The average Bonchev–Trinajstić information content (AvgIpc) is 2.82. The molecule has 2 rings (SSSR count). The lowest BCUT2D eigenvalue weighted by Gasteiger charge is -2.13. The Balaban J connectivity index is 2.63. The topological polar surface area (TPSA) is 83.7 Å². The molecule has 0 unspecified atom stereocenters. The Kier molecular flexibility index (Phi) is 4.13. The van der Waals surface area contributed by atoms with Gasteiger partial charge in [-0.05, 0) is 18.2 Å². The zero-order valence-electron chi connectivity index (χ0n) is 12.3. The predicted molar refractivity (Wildman–Crippen MR) is 78.3 cm³/mol. The second kappa shape index (κ2) is 5.84. The smallest absolute Gasteiger partial charge is 0.295 e. The van der Waals surface area contributed by atoms with Gasteiger partial charge in [-0.15, -0.1) is 0 Å². The van der Waals surface area contributed by atoms with E-state index in [2.05, 4.69) is 10.3 Å². The van der Waals surface area contributed by atoms with E-state index >= 15 is 0 Å². The zero-order chi connectivity index (χ0) is 15.6. The van der Waals surface area contributed by atoms with Crippen molar-refractivity contribution in [2.75, 3.05) is 26.6 Å². The van der Waals surface area contributed by atoms with Crippen LogP contribution in [0.3, 0.4) is 0 Å². The molecule has 112 valence electrons. The normalized spacial score (nSPS) is 10.5. The highest BCUT2D eigenvalue weighted by molar-refractivity contribution is 6.12. The molecule has 0 atom stereocenters. The molecular weight excluding hydrogens is 274 g/mol. The summed E-state index contributed by atoms with van der Waals surface area (Å²) in [5.74, 6) is -0.0311. The van der Waals surface area contributed by atoms with Crippen LogP contribution in [0, 0.1) is 0 Å². The molecule has 0 aliphatic heterocycles. The highest BCUT2D eigenvalue weighted by atomic mass is 16.7. The van der Waals surface area contributed by atoms with Crippen molar-refractivity contribution in [2.45, 2.75) is 6.92 Å². The molecular formula is C14H17N3O4. The maximum Gasteiger partial charge on any atom is 0.295 e. The lowest BCUT2D eigenvalue weighted by Crippen LogP contribution is -2.26. The van der Waals surface area contributed by atoms with Crippen molar-refractivity contribution in [2.24, 2.45) is 0 Å². The van der Waals surface area contributed by atoms with Crippen molar-refractivity contribution in [3.8, 4) is 5.75 Å². The van der Waals surface area contributed by atoms with Gasteiger partial charge in [-0.25, -0.2) is 5.06 Å². The highest BCUT2D eigenvalue weighted by Gasteiger charge is 2.22. The molecule has 7 nitrogen and oxygen atoms in total. The minimum atomic E-state index is -0.392. The first-order valence-corrected chi connectivity index (χ1v) is 6.27. The summed E-state index contributed by atoms with van der Waals surface area (Å²) >= 11 is 0. The van der Waals surface area contributed by atoms with E-state index in [-0.39, 0.29) is 11.6 Å². The Morgan fingerprint density at radius 3 is 2.57 bits per heavy atom. The van der Waals surface area contributed by atoms with E-state index < -0.39 is 5.91 Å². The number of aromatic nitrogens is 1. The summed E-state index contributed by atoms with van der Waals surface area (Å²) in [6.07, 6.45) is 0. The van der Waals surface area contributed by atoms with Gasteiger partial charge in [0.2, 0.25) is 5.91 Å². The van der Waals surface area contributed by atoms with Crippen LogP contribution < -0.4 is 10.1 Å². The van der Waals surface area contributed by atoms with Crippen molar-refractivity contribution in [1.82, 2.24) is 10.0 Å². The molecule has 2 aromatic rings. The van der Waals surface area contributed by atoms with Gasteiger partial charge in [0, 0.05) is 24.9 Å². The van der Waals surface area contributed by atoms with Crippen LogP contribution in [0.5, 0.6) is 5.75 Å². The van der Waals surface area contributed by atoms with Crippen molar-refractivity contribution < 1.29 is 19.2 Å². The molecule has 7 heteroatoms. The fourth-order valence-corrected chi connectivity index (χ4v) is 2.00.